The van der Waals surface area contributed by atoms with E-state index in [0.717, 1.165) is 16.1 Å². The molecular formula is C13H17ClN2O. The van der Waals surface area contributed by atoms with E-state index in [1.807, 2.05) is 49.5 Å². The second-order valence-electron chi connectivity index (χ2n) is 4.63. The molecule has 1 saturated heterocycles. The molecule has 0 aliphatic carbocycles. The van der Waals surface area contributed by atoms with E-state index in [1.54, 1.807) is 0 Å². The maximum Gasteiger partial charge on any atom is 0.0890 e. The van der Waals surface area contributed by atoms with Gasteiger partial charge in [0.25, 0.3) is 0 Å². The zero-order valence-corrected chi connectivity index (χ0v) is 10.9. The number of hydrogen-bond acceptors (Lipinski definition) is 3. The Hall–Kier alpha value is -1.03. The van der Waals surface area contributed by atoms with Crippen molar-refractivity contribution in [3.8, 4) is 0 Å². The van der Waals surface area contributed by atoms with Crippen molar-refractivity contribution >= 4 is 17.7 Å². The van der Waals surface area contributed by atoms with E-state index in [1.165, 1.54) is 0 Å². The molecule has 0 atom stereocenters. The minimum atomic E-state index is -0.392. The Morgan fingerprint density at radius 1 is 1.41 bits per heavy atom. The molecule has 0 amide bonds. The Labute approximate surface area is 107 Å². The Bertz CT molecular complexity index is 439. The van der Waals surface area contributed by atoms with Gasteiger partial charge in [-0.2, -0.15) is 0 Å². The highest BCUT2D eigenvalue weighted by atomic mass is 35.5. The molecule has 2 N–H and O–H groups in total. The standard InChI is InChI=1S/C13H17ClN2O/c1-16(2)7-6-10-11(4-3-5-12(10)14)13(15)8-17-9-13/h3-7H,8-9,15H2,1-2H3/b7-6+. The molecular weight excluding hydrogens is 236 g/mol. The Morgan fingerprint density at radius 2 is 2.12 bits per heavy atom. The van der Waals surface area contributed by atoms with Gasteiger partial charge in [-0.25, -0.2) is 0 Å². The Balaban J connectivity index is 2.41. The molecule has 0 unspecified atom stereocenters. The lowest BCUT2D eigenvalue weighted by Gasteiger charge is -2.39. The van der Waals surface area contributed by atoms with Gasteiger partial charge in [-0.15, -0.1) is 0 Å². The van der Waals surface area contributed by atoms with E-state index < -0.39 is 5.54 Å². The third-order valence-corrected chi connectivity index (χ3v) is 3.18. The zero-order chi connectivity index (χ0) is 12.5. The van der Waals surface area contributed by atoms with Crippen LogP contribution in [0.3, 0.4) is 0 Å². The van der Waals surface area contributed by atoms with E-state index >= 15 is 0 Å². The third kappa shape index (κ3) is 2.46. The van der Waals surface area contributed by atoms with Crippen LogP contribution in [0.1, 0.15) is 11.1 Å². The summed E-state index contributed by atoms with van der Waals surface area (Å²) in [7, 11) is 3.94. The van der Waals surface area contributed by atoms with Crippen LogP contribution in [0.5, 0.6) is 0 Å². The van der Waals surface area contributed by atoms with Crippen LogP contribution in [0.25, 0.3) is 6.08 Å². The summed E-state index contributed by atoms with van der Waals surface area (Å²) in [4.78, 5) is 1.97. The SMILES string of the molecule is CN(C)/C=C/c1c(Cl)cccc1C1(N)COC1. The molecule has 92 valence electrons. The summed E-state index contributed by atoms with van der Waals surface area (Å²) in [5.74, 6) is 0. The van der Waals surface area contributed by atoms with Crippen molar-refractivity contribution in [2.45, 2.75) is 5.54 Å². The minimum Gasteiger partial charge on any atom is -0.383 e. The first kappa shape index (κ1) is 12.4. The van der Waals surface area contributed by atoms with Crippen molar-refractivity contribution in [2.24, 2.45) is 5.73 Å². The van der Waals surface area contributed by atoms with Gasteiger partial charge >= 0.3 is 0 Å². The monoisotopic (exact) mass is 252 g/mol. The van der Waals surface area contributed by atoms with Crippen LogP contribution in [-0.2, 0) is 10.3 Å². The summed E-state index contributed by atoms with van der Waals surface area (Å²) in [5, 5.41) is 0.720. The fraction of sp³-hybridized carbons (Fsp3) is 0.385. The third-order valence-electron chi connectivity index (χ3n) is 2.85. The lowest BCUT2D eigenvalue weighted by molar-refractivity contribution is -0.0570. The maximum atomic E-state index is 6.27. The summed E-state index contributed by atoms with van der Waals surface area (Å²) in [6.07, 6.45) is 3.96. The Kier molecular flexibility index (Phi) is 3.43. The summed E-state index contributed by atoms with van der Waals surface area (Å²) in [6.45, 7) is 1.10. The van der Waals surface area contributed by atoms with E-state index in [-0.39, 0.29) is 0 Å². The first-order valence-electron chi connectivity index (χ1n) is 5.53. The molecule has 2 rings (SSSR count). The van der Waals surface area contributed by atoms with E-state index in [4.69, 9.17) is 22.1 Å². The number of hydrogen-bond donors (Lipinski definition) is 1. The molecule has 0 saturated carbocycles. The molecule has 0 radical (unpaired) electrons. The summed E-state index contributed by atoms with van der Waals surface area (Å²) >= 11 is 6.23. The molecule has 0 bridgehead atoms. The molecule has 1 aromatic rings. The highest BCUT2D eigenvalue weighted by Gasteiger charge is 2.37. The van der Waals surface area contributed by atoms with Crippen LogP contribution in [0, 0.1) is 0 Å². The largest absolute Gasteiger partial charge is 0.383 e. The van der Waals surface area contributed by atoms with Gasteiger partial charge in [-0.1, -0.05) is 23.7 Å². The molecule has 3 nitrogen and oxygen atoms in total. The van der Waals surface area contributed by atoms with Crippen molar-refractivity contribution < 1.29 is 4.74 Å². The van der Waals surface area contributed by atoms with Crippen LogP contribution < -0.4 is 5.73 Å². The smallest absolute Gasteiger partial charge is 0.0890 e. The molecule has 0 spiro atoms. The number of rotatable bonds is 3. The van der Waals surface area contributed by atoms with E-state index in [9.17, 15) is 0 Å². The van der Waals surface area contributed by atoms with Gasteiger partial charge in [0.2, 0.25) is 0 Å². The topological polar surface area (TPSA) is 38.5 Å². The molecule has 17 heavy (non-hydrogen) atoms. The molecule has 1 heterocycles. The second-order valence-corrected chi connectivity index (χ2v) is 5.04. The van der Waals surface area contributed by atoms with Gasteiger partial charge in [-0.05, 0) is 29.5 Å². The summed E-state index contributed by atoms with van der Waals surface area (Å²) < 4.78 is 5.21. The molecule has 1 fully saturated rings. The lowest BCUT2D eigenvalue weighted by Crippen LogP contribution is -2.54. The van der Waals surface area contributed by atoms with Crippen LogP contribution in [0.15, 0.2) is 24.4 Å². The molecule has 1 aromatic carbocycles. The predicted octanol–water partition coefficient (Wildman–Crippen LogP) is 2.06. The average Bonchev–Trinajstić information content (AvgIpc) is 2.23. The van der Waals surface area contributed by atoms with Gasteiger partial charge < -0.3 is 15.4 Å². The highest BCUT2D eigenvalue weighted by molar-refractivity contribution is 6.32. The van der Waals surface area contributed by atoms with Crippen LogP contribution in [-0.4, -0.2) is 32.2 Å². The van der Waals surface area contributed by atoms with Crippen LogP contribution in [0.2, 0.25) is 5.02 Å². The van der Waals surface area contributed by atoms with Gasteiger partial charge in [0.05, 0.1) is 18.8 Å². The van der Waals surface area contributed by atoms with Crippen molar-refractivity contribution in [1.82, 2.24) is 4.90 Å². The molecule has 4 heteroatoms. The fourth-order valence-electron chi connectivity index (χ4n) is 1.84. The highest BCUT2D eigenvalue weighted by Crippen LogP contribution is 2.33. The predicted molar refractivity (Wildman–Crippen MR) is 70.9 cm³/mol. The molecule has 0 aromatic heterocycles. The van der Waals surface area contributed by atoms with Crippen LogP contribution >= 0.6 is 11.6 Å². The van der Waals surface area contributed by atoms with Gasteiger partial charge in [0, 0.05) is 19.1 Å². The van der Waals surface area contributed by atoms with Crippen molar-refractivity contribution in [3.63, 3.8) is 0 Å². The number of nitrogens with two attached hydrogens (primary N) is 1. The van der Waals surface area contributed by atoms with Crippen molar-refractivity contribution in [2.75, 3.05) is 27.3 Å². The quantitative estimate of drug-likeness (QED) is 0.895. The number of nitrogens with zero attached hydrogens (tertiary/aromatic N) is 1. The van der Waals surface area contributed by atoms with Crippen molar-refractivity contribution in [3.05, 3.63) is 40.5 Å². The van der Waals surface area contributed by atoms with Gasteiger partial charge in [0.15, 0.2) is 0 Å². The first-order chi connectivity index (χ1) is 8.03. The number of halogens is 1. The van der Waals surface area contributed by atoms with E-state index in [0.29, 0.717) is 13.2 Å². The number of benzene rings is 1. The van der Waals surface area contributed by atoms with E-state index in [2.05, 4.69) is 0 Å². The maximum absolute atomic E-state index is 6.27. The van der Waals surface area contributed by atoms with Gasteiger partial charge in [-0.3, -0.25) is 0 Å². The fourth-order valence-corrected chi connectivity index (χ4v) is 2.08. The van der Waals surface area contributed by atoms with Crippen molar-refractivity contribution in [1.29, 1.82) is 0 Å². The first-order valence-corrected chi connectivity index (χ1v) is 5.91. The summed E-state index contributed by atoms with van der Waals surface area (Å²) in [6, 6.07) is 5.82. The van der Waals surface area contributed by atoms with Gasteiger partial charge in [0.1, 0.15) is 0 Å². The molecule has 1 aliphatic heterocycles. The average molecular weight is 253 g/mol. The van der Waals surface area contributed by atoms with Crippen LogP contribution in [0.4, 0.5) is 0 Å². The normalized spacial score (nSPS) is 18.1. The number of ether oxygens (including phenoxy) is 1. The minimum absolute atomic E-state index is 0.392. The lowest BCUT2D eigenvalue weighted by atomic mass is 9.85. The zero-order valence-electron chi connectivity index (χ0n) is 10.1. The second kappa shape index (κ2) is 4.69. The Morgan fingerprint density at radius 3 is 2.65 bits per heavy atom. The molecule has 1 aliphatic rings. The summed E-state index contributed by atoms with van der Waals surface area (Å²) in [5.41, 5.74) is 7.91.